The molecular formula is C14H12O3. The molecule has 3 nitrogen and oxygen atoms in total. The van der Waals surface area contributed by atoms with Crippen LogP contribution in [-0.4, -0.2) is 13.1 Å². The van der Waals surface area contributed by atoms with Gasteiger partial charge in [-0.15, -0.1) is 0 Å². The lowest BCUT2D eigenvalue weighted by Crippen LogP contribution is -2.00. The summed E-state index contributed by atoms with van der Waals surface area (Å²) in [6.45, 7) is 0. The summed E-state index contributed by atoms with van der Waals surface area (Å²) in [6.07, 6.45) is 7.10. The minimum absolute atomic E-state index is 0.330. The van der Waals surface area contributed by atoms with Crippen LogP contribution >= 0.6 is 0 Å². The van der Waals surface area contributed by atoms with Crippen molar-refractivity contribution in [3.05, 3.63) is 59.5 Å². The Morgan fingerprint density at radius 1 is 1.24 bits per heavy atom. The molecule has 0 amide bonds. The molecule has 2 aromatic rings. The van der Waals surface area contributed by atoms with Gasteiger partial charge < -0.3 is 9.15 Å². The van der Waals surface area contributed by atoms with Crippen molar-refractivity contribution >= 4 is 18.1 Å². The van der Waals surface area contributed by atoms with Crippen LogP contribution in [0.3, 0.4) is 0 Å². The Balaban J connectivity index is 2.19. The molecule has 86 valence electrons. The van der Waals surface area contributed by atoms with Gasteiger partial charge in [0.25, 0.3) is 0 Å². The molecule has 0 radical (unpaired) electrons. The maximum absolute atomic E-state index is 11.3. The normalized spacial score (nSPS) is 10.6. The van der Waals surface area contributed by atoms with E-state index in [1.54, 1.807) is 24.7 Å². The molecule has 1 heterocycles. The molecule has 0 aliphatic carbocycles. The largest absolute Gasteiger partial charge is 0.472 e. The molecule has 1 aromatic carbocycles. The summed E-state index contributed by atoms with van der Waals surface area (Å²) in [5, 5.41) is 0. The Hall–Kier alpha value is -2.29. The minimum Gasteiger partial charge on any atom is -0.472 e. The maximum Gasteiger partial charge on any atom is 0.337 e. The second kappa shape index (κ2) is 5.16. The number of carbonyl (C=O) groups excluding carboxylic acids is 1. The van der Waals surface area contributed by atoms with E-state index in [-0.39, 0.29) is 5.97 Å². The van der Waals surface area contributed by atoms with Gasteiger partial charge in [0.15, 0.2) is 0 Å². The smallest absolute Gasteiger partial charge is 0.337 e. The van der Waals surface area contributed by atoms with Crippen LogP contribution < -0.4 is 0 Å². The van der Waals surface area contributed by atoms with Crippen molar-refractivity contribution in [2.24, 2.45) is 0 Å². The summed E-state index contributed by atoms with van der Waals surface area (Å²) in [5.74, 6) is -0.330. The SMILES string of the molecule is COC(=O)c1cccc(/C=C/c2ccoc2)c1. The average Bonchev–Trinajstić information content (AvgIpc) is 2.89. The third-order valence-corrected chi connectivity index (χ3v) is 2.32. The van der Waals surface area contributed by atoms with Gasteiger partial charge in [-0.05, 0) is 23.8 Å². The first-order chi connectivity index (χ1) is 8.29. The number of carbonyl (C=O) groups is 1. The highest BCUT2D eigenvalue weighted by Crippen LogP contribution is 2.11. The van der Waals surface area contributed by atoms with E-state index in [4.69, 9.17) is 4.42 Å². The van der Waals surface area contributed by atoms with Crippen LogP contribution in [0.1, 0.15) is 21.5 Å². The van der Waals surface area contributed by atoms with E-state index in [1.165, 1.54) is 7.11 Å². The van der Waals surface area contributed by atoms with E-state index >= 15 is 0 Å². The first kappa shape index (κ1) is 11.2. The summed E-state index contributed by atoms with van der Waals surface area (Å²) < 4.78 is 9.62. The lowest BCUT2D eigenvalue weighted by molar-refractivity contribution is 0.0600. The molecule has 0 saturated heterocycles. The molecule has 0 N–H and O–H groups in total. The summed E-state index contributed by atoms with van der Waals surface area (Å²) in [5.41, 5.74) is 2.46. The highest BCUT2D eigenvalue weighted by molar-refractivity contribution is 5.90. The van der Waals surface area contributed by atoms with E-state index in [9.17, 15) is 4.79 Å². The quantitative estimate of drug-likeness (QED) is 0.757. The standard InChI is InChI=1S/C14H12O3/c1-16-14(15)13-4-2-3-11(9-13)5-6-12-7-8-17-10-12/h2-10H,1H3/b6-5+. The topological polar surface area (TPSA) is 39.4 Å². The minimum atomic E-state index is -0.330. The lowest BCUT2D eigenvalue weighted by Gasteiger charge is -1.99. The fraction of sp³-hybridized carbons (Fsp3) is 0.0714. The molecule has 0 saturated carbocycles. The van der Waals surface area contributed by atoms with Crippen molar-refractivity contribution in [2.75, 3.05) is 7.11 Å². The van der Waals surface area contributed by atoms with Gasteiger partial charge in [0.1, 0.15) is 0 Å². The summed E-state index contributed by atoms with van der Waals surface area (Å²) in [4.78, 5) is 11.3. The Kier molecular flexibility index (Phi) is 3.40. The molecule has 2 rings (SSSR count). The van der Waals surface area contributed by atoms with Crippen LogP contribution in [0.4, 0.5) is 0 Å². The van der Waals surface area contributed by atoms with Crippen molar-refractivity contribution < 1.29 is 13.9 Å². The highest BCUT2D eigenvalue weighted by Gasteiger charge is 2.03. The molecular weight excluding hydrogens is 216 g/mol. The number of hydrogen-bond donors (Lipinski definition) is 0. The Bertz CT molecular complexity index is 524. The maximum atomic E-state index is 11.3. The lowest BCUT2D eigenvalue weighted by atomic mass is 10.1. The van der Waals surface area contributed by atoms with E-state index in [0.29, 0.717) is 5.56 Å². The van der Waals surface area contributed by atoms with Crippen molar-refractivity contribution in [1.29, 1.82) is 0 Å². The van der Waals surface area contributed by atoms with Gasteiger partial charge in [0.05, 0.1) is 25.2 Å². The molecule has 0 spiro atoms. The number of benzene rings is 1. The van der Waals surface area contributed by atoms with Crippen molar-refractivity contribution in [3.63, 3.8) is 0 Å². The zero-order valence-corrected chi connectivity index (χ0v) is 9.42. The molecule has 3 heteroatoms. The molecule has 1 aromatic heterocycles. The average molecular weight is 228 g/mol. The molecule has 0 bridgehead atoms. The fourth-order valence-electron chi connectivity index (χ4n) is 1.45. The van der Waals surface area contributed by atoms with Gasteiger partial charge in [0.2, 0.25) is 0 Å². The second-order valence-electron chi connectivity index (χ2n) is 3.51. The van der Waals surface area contributed by atoms with Gasteiger partial charge in [-0.2, -0.15) is 0 Å². The van der Waals surface area contributed by atoms with Gasteiger partial charge in [0, 0.05) is 5.56 Å². The Morgan fingerprint density at radius 2 is 2.06 bits per heavy atom. The third-order valence-electron chi connectivity index (χ3n) is 2.32. The van der Waals surface area contributed by atoms with E-state index in [2.05, 4.69) is 4.74 Å². The zero-order valence-electron chi connectivity index (χ0n) is 9.42. The number of methoxy groups -OCH3 is 1. The van der Waals surface area contributed by atoms with Crippen LogP contribution in [0.2, 0.25) is 0 Å². The molecule has 0 unspecified atom stereocenters. The van der Waals surface area contributed by atoms with Gasteiger partial charge in [-0.25, -0.2) is 4.79 Å². The number of ether oxygens (including phenoxy) is 1. The van der Waals surface area contributed by atoms with Crippen molar-refractivity contribution in [1.82, 2.24) is 0 Å². The predicted octanol–water partition coefficient (Wildman–Crippen LogP) is 3.24. The van der Waals surface area contributed by atoms with Gasteiger partial charge in [-0.1, -0.05) is 24.3 Å². The van der Waals surface area contributed by atoms with Crippen LogP contribution in [0, 0.1) is 0 Å². The van der Waals surface area contributed by atoms with Crippen molar-refractivity contribution in [3.8, 4) is 0 Å². The number of hydrogen-bond acceptors (Lipinski definition) is 3. The molecule has 0 aliphatic heterocycles. The Labute approximate surface area is 99.3 Å². The fourth-order valence-corrected chi connectivity index (χ4v) is 1.45. The van der Waals surface area contributed by atoms with Gasteiger partial charge in [-0.3, -0.25) is 0 Å². The summed E-state index contributed by atoms with van der Waals surface area (Å²) in [7, 11) is 1.37. The van der Waals surface area contributed by atoms with E-state index in [1.807, 2.05) is 30.4 Å². The zero-order chi connectivity index (χ0) is 12.1. The first-order valence-corrected chi connectivity index (χ1v) is 5.18. The highest BCUT2D eigenvalue weighted by atomic mass is 16.5. The first-order valence-electron chi connectivity index (χ1n) is 5.18. The van der Waals surface area contributed by atoms with Crippen LogP contribution in [-0.2, 0) is 4.74 Å². The summed E-state index contributed by atoms with van der Waals surface area (Å²) in [6, 6.07) is 9.11. The second-order valence-corrected chi connectivity index (χ2v) is 3.51. The summed E-state index contributed by atoms with van der Waals surface area (Å²) >= 11 is 0. The predicted molar refractivity (Wildman–Crippen MR) is 65.4 cm³/mol. The van der Waals surface area contributed by atoms with Crippen LogP contribution in [0.15, 0.2) is 47.3 Å². The molecule has 0 aliphatic rings. The van der Waals surface area contributed by atoms with Crippen molar-refractivity contribution in [2.45, 2.75) is 0 Å². The van der Waals surface area contributed by atoms with E-state index in [0.717, 1.165) is 11.1 Å². The van der Waals surface area contributed by atoms with Crippen LogP contribution in [0.5, 0.6) is 0 Å². The molecule has 0 atom stereocenters. The number of furan rings is 1. The van der Waals surface area contributed by atoms with Crippen LogP contribution in [0.25, 0.3) is 12.2 Å². The molecule has 17 heavy (non-hydrogen) atoms. The van der Waals surface area contributed by atoms with Gasteiger partial charge >= 0.3 is 5.97 Å². The van der Waals surface area contributed by atoms with E-state index < -0.39 is 0 Å². The monoisotopic (exact) mass is 228 g/mol. The Morgan fingerprint density at radius 3 is 2.76 bits per heavy atom. The molecule has 0 fully saturated rings. The third kappa shape index (κ3) is 2.84. The number of esters is 1. The number of rotatable bonds is 3.